The largest absolute Gasteiger partial charge is 1.00 e. The summed E-state index contributed by atoms with van der Waals surface area (Å²) in [6.45, 7) is 12.6. The van der Waals surface area contributed by atoms with Crippen LogP contribution >= 0.6 is 0 Å². The molecule has 0 bridgehead atoms. The van der Waals surface area contributed by atoms with Gasteiger partial charge in [-0.3, -0.25) is 0 Å². The molecule has 0 aliphatic carbocycles. The molecule has 1 saturated heterocycles. The summed E-state index contributed by atoms with van der Waals surface area (Å²) in [6, 6.07) is 7.57. The second-order valence-corrected chi connectivity index (χ2v) is 10.9. The van der Waals surface area contributed by atoms with Gasteiger partial charge < -0.3 is 40.5 Å². The Labute approximate surface area is 277 Å². The molecule has 2 aromatic carbocycles. The number of aromatic hydroxyl groups is 2. The fourth-order valence-electron chi connectivity index (χ4n) is 5.46. The van der Waals surface area contributed by atoms with Crippen LogP contribution < -0.4 is 39.0 Å². The van der Waals surface area contributed by atoms with E-state index in [1.165, 1.54) is 29.5 Å². The van der Waals surface area contributed by atoms with Gasteiger partial charge in [0.25, 0.3) is 0 Å². The number of fused-ring (bicyclic) bond motifs is 2. The number of phenolic OH excluding ortho intramolecular Hbond substituents is 2. The molecule has 5 N–H and O–H groups in total. The third-order valence-electron chi connectivity index (χ3n) is 7.53. The Kier molecular flexibility index (Phi) is 21.8. The SMILES string of the molecule is C1CCOC1.CCCC1(C)NCCc2cc(OC)c(O)cc21.COc1cc2c(cc1O)C(C)(C)NCC2.O=C=O.O=C=O.[Li+].[OH-]. The zero-order valence-electron chi connectivity index (χ0n) is 27.6. The number of rotatable bonds is 4. The van der Waals surface area contributed by atoms with E-state index in [-0.39, 0.29) is 59.2 Å². The Balaban J connectivity index is 0. The molecule has 2 aromatic rings. The van der Waals surface area contributed by atoms with Gasteiger partial charge in [0, 0.05) is 30.8 Å². The molecule has 3 aliphatic heterocycles. The van der Waals surface area contributed by atoms with Crippen LogP contribution in [0.15, 0.2) is 24.3 Å². The van der Waals surface area contributed by atoms with Gasteiger partial charge in [-0.1, -0.05) is 13.3 Å². The van der Waals surface area contributed by atoms with Crippen molar-refractivity contribution in [3.63, 3.8) is 0 Å². The Morgan fingerprint density at radius 2 is 1.22 bits per heavy atom. The monoisotopic (exact) mass is 626 g/mol. The third kappa shape index (κ3) is 13.4. The van der Waals surface area contributed by atoms with Crippen molar-refractivity contribution in [3.05, 3.63) is 46.5 Å². The predicted octanol–water partition coefficient (Wildman–Crippen LogP) is 0.800. The molecule has 0 spiro atoms. The second kappa shape index (κ2) is 22.4. The van der Waals surface area contributed by atoms with Gasteiger partial charge in [0.15, 0.2) is 23.0 Å². The summed E-state index contributed by atoms with van der Waals surface area (Å²) in [5.41, 5.74) is 4.82. The molecular weight excluding hydrogens is 579 g/mol. The fourth-order valence-corrected chi connectivity index (χ4v) is 5.46. The molecule has 246 valence electrons. The average Bonchev–Trinajstić information content (AvgIpc) is 3.55. The van der Waals surface area contributed by atoms with Crippen LogP contribution in [-0.2, 0) is 47.8 Å². The molecule has 45 heavy (non-hydrogen) atoms. The molecule has 1 unspecified atom stereocenters. The summed E-state index contributed by atoms with van der Waals surface area (Å²) in [5, 5.41) is 26.7. The van der Waals surface area contributed by atoms with Crippen LogP contribution in [0, 0.1) is 0 Å². The van der Waals surface area contributed by atoms with Gasteiger partial charge in [0.1, 0.15) is 0 Å². The number of benzene rings is 2. The molecule has 1 fully saturated rings. The van der Waals surface area contributed by atoms with Crippen molar-refractivity contribution in [2.24, 2.45) is 0 Å². The number of methoxy groups -OCH3 is 2. The van der Waals surface area contributed by atoms with E-state index in [0.717, 1.165) is 57.6 Å². The summed E-state index contributed by atoms with van der Waals surface area (Å²) in [7, 11) is 3.17. The first-order valence-electron chi connectivity index (χ1n) is 14.4. The van der Waals surface area contributed by atoms with Crippen LogP contribution in [0.5, 0.6) is 23.0 Å². The molecule has 3 heterocycles. The van der Waals surface area contributed by atoms with E-state index in [0.29, 0.717) is 11.5 Å². The average molecular weight is 627 g/mol. The van der Waals surface area contributed by atoms with E-state index in [1.54, 1.807) is 20.3 Å². The minimum absolute atomic E-state index is 0. The normalized spacial score (nSPS) is 17.9. The van der Waals surface area contributed by atoms with Crippen LogP contribution in [0.4, 0.5) is 0 Å². The molecule has 0 saturated carbocycles. The molecule has 0 radical (unpaired) electrons. The number of nitrogens with one attached hydrogen (secondary N) is 2. The van der Waals surface area contributed by atoms with Gasteiger partial charge in [-0.05, 0) is 106 Å². The quantitative estimate of drug-likeness (QED) is 0.350. The smallest absolute Gasteiger partial charge is 0.870 e. The van der Waals surface area contributed by atoms with Crippen molar-refractivity contribution < 1.29 is 67.9 Å². The van der Waals surface area contributed by atoms with Crippen molar-refractivity contribution in [1.82, 2.24) is 10.6 Å². The van der Waals surface area contributed by atoms with E-state index < -0.39 is 0 Å². The van der Waals surface area contributed by atoms with E-state index in [2.05, 4.69) is 38.3 Å². The summed E-state index contributed by atoms with van der Waals surface area (Å²) in [6.07, 6.45) is 7.22. The fraction of sp³-hybridized carbons (Fsp3) is 0.562. The van der Waals surface area contributed by atoms with Gasteiger partial charge in [0.2, 0.25) is 0 Å². The van der Waals surface area contributed by atoms with Gasteiger partial charge >= 0.3 is 31.2 Å². The number of hydrogen-bond acceptors (Lipinski definition) is 12. The Bertz CT molecular complexity index is 1210. The van der Waals surface area contributed by atoms with Gasteiger partial charge in [-0.25, -0.2) is 0 Å². The topological polar surface area (TPSA) is 190 Å². The second-order valence-electron chi connectivity index (χ2n) is 10.9. The van der Waals surface area contributed by atoms with E-state index in [9.17, 15) is 10.2 Å². The molecule has 0 aromatic heterocycles. The summed E-state index contributed by atoms with van der Waals surface area (Å²) in [5.74, 6) is 1.58. The van der Waals surface area contributed by atoms with Gasteiger partial charge in [0.05, 0.1) is 14.2 Å². The van der Waals surface area contributed by atoms with Crippen molar-refractivity contribution in [2.45, 2.75) is 77.3 Å². The summed E-state index contributed by atoms with van der Waals surface area (Å²) >= 11 is 0. The molecule has 3 aliphatic rings. The molecule has 0 amide bonds. The Morgan fingerprint density at radius 1 is 0.800 bits per heavy atom. The van der Waals surface area contributed by atoms with Gasteiger partial charge in [-0.2, -0.15) is 19.2 Å². The first-order valence-corrected chi connectivity index (χ1v) is 14.4. The van der Waals surface area contributed by atoms with Crippen LogP contribution in [0.1, 0.15) is 75.6 Å². The van der Waals surface area contributed by atoms with E-state index in [1.807, 2.05) is 18.2 Å². The number of ether oxygens (including phenoxy) is 3. The molecule has 13 heteroatoms. The first-order chi connectivity index (χ1) is 20.5. The summed E-state index contributed by atoms with van der Waals surface area (Å²) < 4.78 is 15.2. The standard InChI is InChI=1S/C14H21NO2.C12H17NO2.C4H8O.2CO2.Li.H2O/c1-4-6-14(2)11-9-12(16)13(17-3)8-10(11)5-7-15-14;1-12(2)9-7-10(14)11(15-3)6-8(9)4-5-13-12;1-2-4-5-3-1;2*2-1-3;;/h8-9,15-16H,4-7H2,1-3H3;6-7,13-14H,4-5H2,1-3H3;1-4H2;;;;1H2/q;;;;;+1;/p-1. The van der Waals surface area contributed by atoms with E-state index >= 15 is 0 Å². The first kappa shape index (κ1) is 44.0. The zero-order chi connectivity index (χ0) is 32.5. The van der Waals surface area contributed by atoms with Gasteiger partial charge in [-0.15, -0.1) is 0 Å². The number of phenols is 2. The minimum Gasteiger partial charge on any atom is -0.870 e. The molecule has 12 nitrogen and oxygen atoms in total. The van der Waals surface area contributed by atoms with Crippen LogP contribution in [0.2, 0.25) is 0 Å². The maximum absolute atomic E-state index is 9.91. The molecule has 1 atom stereocenters. The molecular formula is C32H47LiN2O10. The van der Waals surface area contributed by atoms with Crippen LogP contribution in [0.3, 0.4) is 0 Å². The van der Waals surface area contributed by atoms with E-state index in [4.69, 9.17) is 33.4 Å². The molecule has 5 rings (SSSR count). The van der Waals surface area contributed by atoms with Crippen LogP contribution in [0.25, 0.3) is 0 Å². The number of hydrogen-bond donors (Lipinski definition) is 4. The summed E-state index contributed by atoms with van der Waals surface area (Å²) in [4.78, 5) is 32.5. The maximum Gasteiger partial charge on any atom is 1.00 e. The zero-order valence-corrected chi connectivity index (χ0v) is 27.6. The van der Waals surface area contributed by atoms with Crippen molar-refractivity contribution in [2.75, 3.05) is 40.5 Å². The van der Waals surface area contributed by atoms with Crippen molar-refractivity contribution in [1.29, 1.82) is 0 Å². The van der Waals surface area contributed by atoms with Crippen molar-refractivity contribution in [3.8, 4) is 23.0 Å². The predicted molar refractivity (Wildman–Crippen MR) is 160 cm³/mol. The maximum atomic E-state index is 9.91. The Morgan fingerprint density at radius 3 is 1.62 bits per heavy atom. The van der Waals surface area contributed by atoms with Crippen molar-refractivity contribution >= 4 is 12.3 Å². The minimum atomic E-state index is -0.0721. The van der Waals surface area contributed by atoms with Crippen LogP contribution in [-0.4, -0.2) is 68.5 Å². The Hall–Kier alpha value is -3.16. The third-order valence-corrected chi connectivity index (χ3v) is 7.53. The number of carbonyl (C=O) groups excluding carboxylic acids is 4.